The second-order valence-corrected chi connectivity index (χ2v) is 4.84. The van der Waals surface area contributed by atoms with E-state index < -0.39 is 11.9 Å². The van der Waals surface area contributed by atoms with Crippen LogP contribution in [0.3, 0.4) is 0 Å². The van der Waals surface area contributed by atoms with Gasteiger partial charge in [-0.25, -0.2) is 0 Å². The summed E-state index contributed by atoms with van der Waals surface area (Å²) < 4.78 is 5.48. The first-order valence-electron chi connectivity index (χ1n) is 6.96. The third-order valence-corrected chi connectivity index (χ3v) is 3.13. The molecule has 3 amide bonds. The molecule has 6 heteroatoms. The summed E-state index contributed by atoms with van der Waals surface area (Å²) in [4.78, 5) is 34.2. The molecule has 0 aliphatic carbocycles. The number of para-hydroxylation sites is 1. The van der Waals surface area contributed by atoms with Crippen molar-refractivity contribution in [2.45, 2.75) is 31.7 Å². The molecular formula is C15H18N2O4. The first kappa shape index (κ1) is 15.0. The third kappa shape index (κ3) is 4.91. The van der Waals surface area contributed by atoms with Crippen LogP contribution in [0, 0.1) is 0 Å². The fourth-order valence-electron chi connectivity index (χ4n) is 2.04. The molecular weight excluding hydrogens is 272 g/mol. The summed E-state index contributed by atoms with van der Waals surface area (Å²) in [7, 11) is 0. The van der Waals surface area contributed by atoms with Crippen molar-refractivity contribution in [3.8, 4) is 5.75 Å². The van der Waals surface area contributed by atoms with Gasteiger partial charge in [0.05, 0.1) is 6.61 Å². The highest BCUT2D eigenvalue weighted by Crippen LogP contribution is 2.09. The number of imide groups is 1. The Bertz CT molecular complexity index is 516. The minimum Gasteiger partial charge on any atom is -0.494 e. The molecule has 1 unspecified atom stereocenters. The predicted molar refractivity (Wildman–Crippen MR) is 75.5 cm³/mol. The largest absolute Gasteiger partial charge is 0.494 e. The van der Waals surface area contributed by atoms with Gasteiger partial charge in [-0.2, -0.15) is 0 Å². The van der Waals surface area contributed by atoms with Crippen LogP contribution in [-0.2, 0) is 14.4 Å². The van der Waals surface area contributed by atoms with Gasteiger partial charge in [0.15, 0.2) is 0 Å². The maximum atomic E-state index is 11.7. The van der Waals surface area contributed by atoms with Crippen LogP contribution in [0.1, 0.15) is 25.7 Å². The summed E-state index contributed by atoms with van der Waals surface area (Å²) in [5.74, 6) is -0.161. The lowest BCUT2D eigenvalue weighted by Gasteiger charge is -2.21. The number of ether oxygens (including phenoxy) is 1. The topological polar surface area (TPSA) is 84.5 Å². The molecule has 1 aromatic carbocycles. The lowest BCUT2D eigenvalue weighted by molar-refractivity contribution is -0.137. The lowest BCUT2D eigenvalue weighted by Crippen LogP contribution is -2.52. The average molecular weight is 290 g/mol. The molecule has 1 aromatic rings. The van der Waals surface area contributed by atoms with Crippen molar-refractivity contribution < 1.29 is 19.1 Å². The lowest BCUT2D eigenvalue weighted by atomic mass is 10.1. The van der Waals surface area contributed by atoms with Crippen molar-refractivity contribution in [1.29, 1.82) is 0 Å². The van der Waals surface area contributed by atoms with Gasteiger partial charge >= 0.3 is 0 Å². The van der Waals surface area contributed by atoms with Crippen LogP contribution < -0.4 is 15.4 Å². The van der Waals surface area contributed by atoms with Gasteiger partial charge < -0.3 is 10.1 Å². The van der Waals surface area contributed by atoms with E-state index in [1.165, 1.54) is 0 Å². The van der Waals surface area contributed by atoms with E-state index >= 15 is 0 Å². The summed E-state index contributed by atoms with van der Waals surface area (Å²) in [5, 5.41) is 4.84. The van der Waals surface area contributed by atoms with Gasteiger partial charge in [0.2, 0.25) is 17.7 Å². The van der Waals surface area contributed by atoms with Crippen LogP contribution in [0.2, 0.25) is 0 Å². The second kappa shape index (κ2) is 7.42. The van der Waals surface area contributed by atoms with E-state index in [0.717, 1.165) is 5.75 Å². The van der Waals surface area contributed by atoms with Gasteiger partial charge in [0.1, 0.15) is 11.8 Å². The molecule has 1 heterocycles. The summed E-state index contributed by atoms with van der Waals surface area (Å²) in [6, 6.07) is 8.76. The normalized spacial score (nSPS) is 18.0. The molecule has 0 spiro atoms. The number of carbonyl (C=O) groups excluding carboxylic acids is 3. The van der Waals surface area contributed by atoms with E-state index in [2.05, 4.69) is 10.6 Å². The van der Waals surface area contributed by atoms with Crippen LogP contribution in [0.4, 0.5) is 0 Å². The third-order valence-electron chi connectivity index (χ3n) is 3.13. The van der Waals surface area contributed by atoms with Gasteiger partial charge in [-0.3, -0.25) is 19.7 Å². The minimum absolute atomic E-state index is 0.207. The molecule has 0 aromatic heterocycles. The Balaban J connectivity index is 1.63. The maximum Gasteiger partial charge on any atom is 0.249 e. The zero-order valence-electron chi connectivity index (χ0n) is 11.6. The Kier molecular flexibility index (Phi) is 5.31. The molecule has 112 valence electrons. The van der Waals surface area contributed by atoms with Crippen molar-refractivity contribution in [2.24, 2.45) is 0 Å². The number of carbonyl (C=O) groups is 3. The molecule has 0 radical (unpaired) electrons. The first-order valence-corrected chi connectivity index (χ1v) is 6.96. The van der Waals surface area contributed by atoms with E-state index in [0.29, 0.717) is 19.4 Å². The van der Waals surface area contributed by atoms with Crippen molar-refractivity contribution in [2.75, 3.05) is 6.61 Å². The highest BCUT2D eigenvalue weighted by atomic mass is 16.5. The monoisotopic (exact) mass is 290 g/mol. The summed E-state index contributed by atoms with van der Waals surface area (Å²) in [6.45, 7) is 0.437. The van der Waals surface area contributed by atoms with E-state index in [-0.39, 0.29) is 24.7 Å². The number of piperidine rings is 1. The Morgan fingerprint density at radius 2 is 2.05 bits per heavy atom. The van der Waals surface area contributed by atoms with Crippen LogP contribution >= 0.6 is 0 Å². The van der Waals surface area contributed by atoms with Gasteiger partial charge in [0, 0.05) is 12.8 Å². The molecule has 0 saturated carbocycles. The average Bonchev–Trinajstić information content (AvgIpc) is 2.48. The Morgan fingerprint density at radius 3 is 2.76 bits per heavy atom. The molecule has 2 N–H and O–H groups in total. The van der Waals surface area contributed by atoms with E-state index in [9.17, 15) is 14.4 Å². The summed E-state index contributed by atoms with van der Waals surface area (Å²) in [5.41, 5.74) is 0. The van der Waals surface area contributed by atoms with Crippen molar-refractivity contribution in [3.63, 3.8) is 0 Å². The maximum absolute atomic E-state index is 11.7. The number of nitrogens with one attached hydrogen (secondary N) is 2. The molecule has 6 nitrogen and oxygen atoms in total. The smallest absolute Gasteiger partial charge is 0.249 e. The SMILES string of the molecule is O=C1CCC(NC(=O)CCCOc2ccccc2)C(=O)N1. The van der Waals surface area contributed by atoms with Crippen LogP contribution in [0.15, 0.2) is 30.3 Å². The van der Waals surface area contributed by atoms with Crippen LogP contribution in [0.25, 0.3) is 0 Å². The highest BCUT2D eigenvalue weighted by Gasteiger charge is 2.27. The molecule has 1 saturated heterocycles. The second-order valence-electron chi connectivity index (χ2n) is 4.84. The Morgan fingerprint density at radius 1 is 1.29 bits per heavy atom. The number of hydrogen-bond acceptors (Lipinski definition) is 4. The Hall–Kier alpha value is -2.37. The molecule has 0 bridgehead atoms. The predicted octanol–water partition coefficient (Wildman–Crippen LogP) is 0.767. The highest BCUT2D eigenvalue weighted by molar-refractivity contribution is 6.01. The first-order chi connectivity index (χ1) is 10.1. The number of rotatable bonds is 6. The quantitative estimate of drug-likeness (QED) is 0.598. The molecule has 1 aliphatic rings. The molecule has 1 fully saturated rings. The van der Waals surface area contributed by atoms with E-state index in [1.54, 1.807) is 0 Å². The van der Waals surface area contributed by atoms with E-state index in [1.807, 2.05) is 30.3 Å². The van der Waals surface area contributed by atoms with Gasteiger partial charge in [-0.05, 0) is 25.0 Å². The zero-order chi connectivity index (χ0) is 15.1. The van der Waals surface area contributed by atoms with Gasteiger partial charge in [-0.1, -0.05) is 18.2 Å². The van der Waals surface area contributed by atoms with E-state index in [4.69, 9.17) is 4.74 Å². The van der Waals surface area contributed by atoms with Gasteiger partial charge in [0.25, 0.3) is 0 Å². The molecule has 21 heavy (non-hydrogen) atoms. The summed E-state index contributed by atoms with van der Waals surface area (Å²) >= 11 is 0. The number of hydrogen-bond donors (Lipinski definition) is 2. The van der Waals surface area contributed by atoms with Crippen molar-refractivity contribution >= 4 is 17.7 Å². The standard InChI is InChI=1S/C15H18N2O4/c18-13(16-12-8-9-14(19)17-15(12)20)7-4-10-21-11-5-2-1-3-6-11/h1-3,5-6,12H,4,7-10H2,(H,16,18)(H,17,19,20). The fourth-order valence-corrected chi connectivity index (χ4v) is 2.04. The number of amides is 3. The number of benzene rings is 1. The van der Waals surface area contributed by atoms with Crippen molar-refractivity contribution in [3.05, 3.63) is 30.3 Å². The van der Waals surface area contributed by atoms with Crippen molar-refractivity contribution in [1.82, 2.24) is 10.6 Å². The van der Waals surface area contributed by atoms with Crippen LogP contribution in [0.5, 0.6) is 5.75 Å². The molecule has 1 aliphatic heterocycles. The molecule has 1 atom stereocenters. The molecule has 2 rings (SSSR count). The van der Waals surface area contributed by atoms with Crippen LogP contribution in [-0.4, -0.2) is 30.4 Å². The summed E-state index contributed by atoms with van der Waals surface area (Å²) in [6.07, 6.45) is 1.46. The van der Waals surface area contributed by atoms with Gasteiger partial charge in [-0.15, -0.1) is 0 Å². The zero-order valence-corrected chi connectivity index (χ0v) is 11.6. The fraction of sp³-hybridized carbons (Fsp3) is 0.400. The Labute approximate surface area is 122 Å². The minimum atomic E-state index is -0.606.